The lowest BCUT2D eigenvalue weighted by molar-refractivity contribution is -0.143. The highest BCUT2D eigenvalue weighted by Crippen LogP contribution is 2.15. The highest BCUT2D eigenvalue weighted by Gasteiger charge is 2.21. The van der Waals surface area contributed by atoms with Crippen molar-refractivity contribution in [2.45, 2.75) is 26.0 Å². The number of ether oxygens (including phenoxy) is 2. The third-order valence-corrected chi connectivity index (χ3v) is 2.44. The standard InChI is InChI=1S/C14H19NO5/c1-9(2)20-11-6-4-5-10(7-11)13(17)15-12(8-16)14(18)19-3/h4-7,9,12,16H,8H2,1-3H3,(H,15,17). The molecule has 0 heterocycles. The van der Waals surface area contributed by atoms with E-state index in [0.29, 0.717) is 11.3 Å². The van der Waals surface area contributed by atoms with Crippen molar-refractivity contribution in [2.75, 3.05) is 13.7 Å². The van der Waals surface area contributed by atoms with Crippen LogP contribution in [0.4, 0.5) is 0 Å². The van der Waals surface area contributed by atoms with Crippen LogP contribution in [0, 0.1) is 0 Å². The molecule has 0 spiro atoms. The van der Waals surface area contributed by atoms with Crippen LogP contribution in [0.5, 0.6) is 5.75 Å². The Morgan fingerprint density at radius 3 is 2.60 bits per heavy atom. The Bertz CT molecular complexity index is 472. The lowest BCUT2D eigenvalue weighted by Crippen LogP contribution is -2.44. The van der Waals surface area contributed by atoms with Crippen LogP contribution in [0.25, 0.3) is 0 Å². The van der Waals surface area contributed by atoms with Crippen molar-refractivity contribution in [2.24, 2.45) is 0 Å². The van der Waals surface area contributed by atoms with E-state index in [1.54, 1.807) is 24.3 Å². The Morgan fingerprint density at radius 2 is 2.05 bits per heavy atom. The Kier molecular flexibility index (Phi) is 5.99. The van der Waals surface area contributed by atoms with Crippen molar-refractivity contribution < 1.29 is 24.2 Å². The molecular formula is C14H19NO5. The molecule has 0 aromatic heterocycles. The van der Waals surface area contributed by atoms with Gasteiger partial charge in [-0.3, -0.25) is 4.79 Å². The topological polar surface area (TPSA) is 84.9 Å². The van der Waals surface area contributed by atoms with E-state index in [4.69, 9.17) is 9.84 Å². The number of benzene rings is 1. The zero-order valence-electron chi connectivity index (χ0n) is 11.8. The van der Waals surface area contributed by atoms with Crippen LogP contribution < -0.4 is 10.1 Å². The number of esters is 1. The predicted octanol–water partition coefficient (Wildman–Crippen LogP) is 0.737. The van der Waals surface area contributed by atoms with Crippen molar-refractivity contribution in [3.05, 3.63) is 29.8 Å². The predicted molar refractivity (Wildman–Crippen MR) is 72.6 cm³/mol. The molecule has 1 rings (SSSR count). The van der Waals surface area contributed by atoms with Gasteiger partial charge in [-0.15, -0.1) is 0 Å². The molecule has 1 unspecified atom stereocenters. The normalized spacial score (nSPS) is 11.8. The SMILES string of the molecule is COC(=O)C(CO)NC(=O)c1cccc(OC(C)C)c1. The summed E-state index contributed by atoms with van der Waals surface area (Å²) in [7, 11) is 1.19. The van der Waals surface area contributed by atoms with Crippen LogP contribution in [0.1, 0.15) is 24.2 Å². The first-order valence-electron chi connectivity index (χ1n) is 6.24. The number of amides is 1. The molecule has 0 saturated carbocycles. The van der Waals surface area contributed by atoms with Gasteiger partial charge in [0.15, 0.2) is 6.04 Å². The van der Waals surface area contributed by atoms with E-state index in [1.807, 2.05) is 13.8 Å². The summed E-state index contributed by atoms with van der Waals surface area (Å²) in [5.74, 6) is -0.620. The molecule has 0 fully saturated rings. The van der Waals surface area contributed by atoms with Gasteiger partial charge in [-0.2, -0.15) is 0 Å². The van der Waals surface area contributed by atoms with Gasteiger partial charge >= 0.3 is 5.97 Å². The van der Waals surface area contributed by atoms with Gasteiger partial charge in [-0.05, 0) is 32.0 Å². The van der Waals surface area contributed by atoms with Gasteiger partial charge in [0.05, 0.1) is 19.8 Å². The fourth-order valence-corrected chi connectivity index (χ4v) is 1.55. The fourth-order valence-electron chi connectivity index (χ4n) is 1.55. The van der Waals surface area contributed by atoms with Crippen molar-refractivity contribution in [3.63, 3.8) is 0 Å². The molecule has 20 heavy (non-hydrogen) atoms. The number of hydrogen-bond acceptors (Lipinski definition) is 5. The van der Waals surface area contributed by atoms with E-state index in [9.17, 15) is 9.59 Å². The van der Waals surface area contributed by atoms with Gasteiger partial charge in [-0.1, -0.05) is 6.07 Å². The number of nitrogens with one attached hydrogen (secondary N) is 1. The maximum atomic E-state index is 12.0. The van der Waals surface area contributed by atoms with Crippen LogP contribution in [0.3, 0.4) is 0 Å². The molecule has 1 atom stereocenters. The van der Waals surface area contributed by atoms with Crippen LogP contribution in [-0.2, 0) is 9.53 Å². The quantitative estimate of drug-likeness (QED) is 0.751. The van der Waals surface area contributed by atoms with Gasteiger partial charge in [0, 0.05) is 5.56 Å². The first-order valence-corrected chi connectivity index (χ1v) is 6.24. The first kappa shape index (κ1) is 16.0. The fraction of sp³-hybridized carbons (Fsp3) is 0.429. The van der Waals surface area contributed by atoms with E-state index in [2.05, 4.69) is 10.1 Å². The van der Waals surface area contributed by atoms with Gasteiger partial charge < -0.3 is 19.9 Å². The monoisotopic (exact) mass is 281 g/mol. The average molecular weight is 281 g/mol. The smallest absolute Gasteiger partial charge is 0.330 e. The summed E-state index contributed by atoms with van der Waals surface area (Å²) in [5, 5.41) is 11.5. The van der Waals surface area contributed by atoms with E-state index in [0.717, 1.165) is 0 Å². The molecule has 0 bridgehead atoms. The highest BCUT2D eigenvalue weighted by atomic mass is 16.5. The number of aliphatic hydroxyl groups excluding tert-OH is 1. The van der Waals surface area contributed by atoms with E-state index >= 15 is 0 Å². The van der Waals surface area contributed by atoms with E-state index in [-0.39, 0.29) is 6.10 Å². The van der Waals surface area contributed by atoms with Crippen molar-refractivity contribution >= 4 is 11.9 Å². The van der Waals surface area contributed by atoms with E-state index in [1.165, 1.54) is 7.11 Å². The maximum absolute atomic E-state index is 12.0. The largest absolute Gasteiger partial charge is 0.491 e. The second-order valence-electron chi connectivity index (χ2n) is 4.43. The zero-order valence-corrected chi connectivity index (χ0v) is 11.8. The third kappa shape index (κ3) is 4.55. The van der Waals surface area contributed by atoms with Crippen LogP contribution in [0.15, 0.2) is 24.3 Å². The summed E-state index contributed by atoms with van der Waals surface area (Å²) in [4.78, 5) is 23.3. The summed E-state index contributed by atoms with van der Waals surface area (Å²) in [6.45, 7) is 3.23. The molecule has 1 aromatic carbocycles. The van der Waals surface area contributed by atoms with Gasteiger partial charge in [0.25, 0.3) is 5.91 Å². The average Bonchev–Trinajstić information content (AvgIpc) is 2.43. The second kappa shape index (κ2) is 7.49. The van der Waals surface area contributed by atoms with Crippen LogP contribution >= 0.6 is 0 Å². The molecule has 0 aliphatic heterocycles. The molecule has 2 N–H and O–H groups in total. The molecule has 1 amide bonds. The summed E-state index contributed by atoms with van der Waals surface area (Å²) < 4.78 is 9.96. The van der Waals surface area contributed by atoms with Crippen LogP contribution in [0.2, 0.25) is 0 Å². The third-order valence-electron chi connectivity index (χ3n) is 2.44. The van der Waals surface area contributed by atoms with Crippen molar-refractivity contribution in [3.8, 4) is 5.75 Å². The van der Waals surface area contributed by atoms with E-state index < -0.39 is 24.5 Å². The summed E-state index contributed by atoms with van der Waals surface area (Å²) in [6, 6.07) is 5.50. The summed E-state index contributed by atoms with van der Waals surface area (Å²) >= 11 is 0. The zero-order chi connectivity index (χ0) is 15.1. The molecule has 0 radical (unpaired) electrons. The second-order valence-corrected chi connectivity index (χ2v) is 4.43. The molecule has 0 aliphatic carbocycles. The number of hydrogen-bond donors (Lipinski definition) is 2. The number of carbonyl (C=O) groups is 2. The molecule has 0 aliphatic rings. The minimum absolute atomic E-state index is 0.00595. The highest BCUT2D eigenvalue weighted by molar-refractivity contribution is 5.97. The summed E-state index contributed by atoms with van der Waals surface area (Å²) in [6.07, 6.45) is -0.00595. The molecule has 6 heteroatoms. The first-order chi connectivity index (χ1) is 9.47. The Labute approximate surface area is 117 Å². The maximum Gasteiger partial charge on any atom is 0.330 e. The summed E-state index contributed by atoms with van der Waals surface area (Å²) in [5.41, 5.74) is 0.338. The Hall–Kier alpha value is -2.08. The van der Waals surface area contributed by atoms with Gasteiger partial charge in [-0.25, -0.2) is 4.79 Å². The van der Waals surface area contributed by atoms with Gasteiger partial charge in [0.1, 0.15) is 5.75 Å². The lowest BCUT2D eigenvalue weighted by atomic mass is 10.2. The Balaban J connectivity index is 2.78. The Morgan fingerprint density at radius 1 is 1.35 bits per heavy atom. The number of aliphatic hydroxyl groups is 1. The van der Waals surface area contributed by atoms with Crippen molar-refractivity contribution in [1.82, 2.24) is 5.32 Å². The molecule has 6 nitrogen and oxygen atoms in total. The number of carbonyl (C=O) groups excluding carboxylic acids is 2. The van der Waals surface area contributed by atoms with Crippen molar-refractivity contribution in [1.29, 1.82) is 0 Å². The molecule has 110 valence electrons. The molecule has 0 saturated heterocycles. The number of rotatable bonds is 6. The van der Waals surface area contributed by atoms with Gasteiger partial charge in [0.2, 0.25) is 0 Å². The number of methoxy groups -OCH3 is 1. The minimum Gasteiger partial charge on any atom is -0.491 e. The molecule has 1 aromatic rings. The minimum atomic E-state index is -1.08. The lowest BCUT2D eigenvalue weighted by Gasteiger charge is -2.15. The van der Waals surface area contributed by atoms with Crippen LogP contribution in [-0.4, -0.2) is 42.8 Å². The molecular weight excluding hydrogens is 262 g/mol.